The summed E-state index contributed by atoms with van der Waals surface area (Å²) in [4.78, 5) is 14.3. The molecule has 20 heavy (non-hydrogen) atoms. The van der Waals surface area contributed by atoms with Crippen LogP contribution in [0.1, 0.15) is 45.1 Å². The molecule has 3 heteroatoms. The fourth-order valence-corrected chi connectivity index (χ4v) is 2.87. The average molecular weight is 293 g/mol. The van der Waals surface area contributed by atoms with Crippen LogP contribution in [0.5, 0.6) is 0 Å². The van der Waals surface area contributed by atoms with E-state index in [2.05, 4.69) is 26.0 Å². The summed E-state index contributed by atoms with van der Waals surface area (Å²) in [5, 5.41) is 0. The van der Waals surface area contributed by atoms with Crippen LogP contribution in [0, 0.1) is 0 Å². The normalized spacial score (nSPS) is 10.5. The Morgan fingerprint density at radius 1 is 1.05 bits per heavy atom. The van der Waals surface area contributed by atoms with E-state index in [1.54, 1.807) is 11.8 Å². The second-order valence-electron chi connectivity index (χ2n) is 5.07. The number of amides is 1. The average Bonchev–Trinajstić information content (AvgIpc) is 2.48. The van der Waals surface area contributed by atoms with E-state index in [1.807, 2.05) is 23.1 Å². The molecule has 0 unspecified atom stereocenters. The first-order valence-corrected chi connectivity index (χ1v) is 8.82. The molecule has 2 nitrogen and oxygen atoms in total. The van der Waals surface area contributed by atoms with Gasteiger partial charge in [-0.05, 0) is 18.4 Å². The van der Waals surface area contributed by atoms with Crippen molar-refractivity contribution in [3.8, 4) is 0 Å². The molecular weight excluding hydrogens is 266 g/mol. The summed E-state index contributed by atoms with van der Waals surface area (Å²) in [6.07, 6.45) is 4.51. The smallest absolute Gasteiger partial charge is 0.232 e. The molecule has 0 aliphatic rings. The Morgan fingerprint density at radius 2 is 1.65 bits per heavy atom. The number of benzene rings is 1. The van der Waals surface area contributed by atoms with E-state index in [0.29, 0.717) is 11.7 Å². The second kappa shape index (κ2) is 10.8. The van der Waals surface area contributed by atoms with Gasteiger partial charge in [-0.3, -0.25) is 4.79 Å². The lowest BCUT2D eigenvalue weighted by molar-refractivity contribution is -0.128. The van der Waals surface area contributed by atoms with Crippen LogP contribution >= 0.6 is 11.8 Å². The van der Waals surface area contributed by atoms with E-state index in [4.69, 9.17) is 0 Å². The summed E-state index contributed by atoms with van der Waals surface area (Å²) >= 11 is 1.72. The minimum absolute atomic E-state index is 0.299. The maximum absolute atomic E-state index is 12.3. The van der Waals surface area contributed by atoms with Gasteiger partial charge in [-0.25, -0.2) is 0 Å². The summed E-state index contributed by atoms with van der Waals surface area (Å²) in [5.74, 6) is 1.82. The maximum Gasteiger partial charge on any atom is 0.232 e. The van der Waals surface area contributed by atoms with Gasteiger partial charge in [0.2, 0.25) is 5.91 Å². The highest BCUT2D eigenvalue weighted by molar-refractivity contribution is 7.99. The van der Waals surface area contributed by atoms with Crippen molar-refractivity contribution in [2.45, 2.75) is 45.3 Å². The molecule has 0 aliphatic carbocycles. The third-order valence-electron chi connectivity index (χ3n) is 3.25. The lowest BCUT2D eigenvalue weighted by Gasteiger charge is -2.22. The van der Waals surface area contributed by atoms with Crippen molar-refractivity contribution in [2.24, 2.45) is 0 Å². The van der Waals surface area contributed by atoms with Crippen molar-refractivity contribution < 1.29 is 4.79 Å². The van der Waals surface area contributed by atoms with Gasteiger partial charge in [-0.1, -0.05) is 57.0 Å². The standard InChI is InChI=1S/C17H27NOS/c1-3-5-12-18(13-6-4-2)17(19)15-20-14-16-10-8-7-9-11-16/h7-11H,3-6,12-15H2,1-2H3. The van der Waals surface area contributed by atoms with Gasteiger partial charge in [0, 0.05) is 18.8 Å². The van der Waals surface area contributed by atoms with Crippen molar-refractivity contribution in [2.75, 3.05) is 18.8 Å². The molecule has 0 atom stereocenters. The molecule has 0 aromatic heterocycles. The molecule has 112 valence electrons. The van der Waals surface area contributed by atoms with Crippen LogP contribution in [0.2, 0.25) is 0 Å². The molecule has 0 spiro atoms. The van der Waals surface area contributed by atoms with Crippen molar-refractivity contribution in [1.82, 2.24) is 4.90 Å². The first kappa shape index (κ1) is 17.1. The fourth-order valence-electron chi connectivity index (χ4n) is 1.98. The zero-order chi connectivity index (χ0) is 14.6. The Kier molecular flexibility index (Phi) is 9.22. The fraction of sp³-hybridized carbons (Fsp3) is 0.588. The molecule has 1 aromatic rings. The number of unbranched alkanes of at least 4 members (excludes halogenated alkanes) is 2. The van der Waals surface area contributed by atoms with Gasteiger partial charge in [0.1, 0.15) is 0 Å². The van der Waals surface area contributed by atoms with E-state index in [9.17, 15) is 4.79 Å². The molecule has 0 radical (unpaired) electrons. The molecule has 1 rings (SSSR count). The minimum Gasteiger partial charge on any atom is -0.342 e. The van der Waals surface area contributed by atoms with Crippen LogP contribution in [-0.2, 0) is 10.5 Å². The number of hydrogen-bond acceptors (Lipinski definition) is 2. The van der Waals surface area contributed by atoms with Crippen LogP contribution in [0.4, 0.5) is 0 Å². The van der Waals surface area contributed by atoms with Crippen molar-refractivity contribution in [3.05, 3.63) is 35.9 Å². The zero-order valence-corrected chi connectivity index (χ0v) is 13.6. The van der Waals surface area contributed by atoms with E-state index < -0.39 is 0 Å². The molecule has 0 saturated carbocycles. The van der Waals surface area contributed by atoms with Gasteiger partial charge in [0.15, 0.2) is 0 Å². The Labute approximate surface area is 127 Å². The van der Waals surface area contributed by atoms with Gasteiger partial charge >= 0.3 is 0 Å². The topological polar surface area (TPSA) is 20.3 Å². The van der Waals surface area contributed by atoms with Gasteiger partial charge in [0.05, 0.1) is 5.75 Å². The highest BCUT2D eigenvalue weighted by Crippen LogP contribution is 2.13. The number of carbonyl (C=O) groups excluding carboxylic acids is 1. The lowest BCUT2D eigenvalue weighted by atomic mass is 10.2. The number of thioether (sulfide) groups is 1. The first-order chi connectivity index (χ1) is 9.77. The second-order valence-corrected chi connectivity index (χ2v) is 6.05. The predicted octanol–water partition coefficient (Wildman–Crippen LogP) is 4.35. The largest absolute Gasteiger partial charge is 0.342 e. The summed E-state index contributed by atoms with van der Waals surface area (Å²) < 4.78 is 0. The number of rotatable bonds is 10. The zero-order valence-electron chi connectivity index (χ0n) is 12.8. The Hall–Kier alpha value is -0.960. The summed E-state index contributed by atoms with van der Waals surface area (Å²) in [6.45, 7) is 6.18. The lowest BCUT2D eigenvalue weighted by Crippen LogP contribution is -2.34. The molecule has 0 aliphatic heterocycles. The molecule has 0 heterocycles. The van der Waals surface area contributed by atoms with Crippen LogP contribution in [0.3, 0.4) is 0 Å². The van der Waals surface area contributed by atoms with Crippen molar-refractivity contribution >= 4 is 17.7 Å². The van der Waals surface area contributed by atoms with E-state index in [1.165, 1.54) is 5.56 Å². The maximum atomic E-state index is 12.3. The molecular formula is C17H27NOS. The molecule has 0 saturated heterocycles. The van der Waals surface area contributed by atoms with E-state index in [-0.39, 0.29) is 0 Å². The molecule has 1 amide bonds. The van der Waals surface area contributed by atoms with Gasteiger partial charge < -0.3 is 4.90 Å². The highest BCUT2D eigenvalue weighted by Gasteiger charge is 2.12. The third kappa shape index (κ3) is 6.99. The van der Waals surface area contributed by atoms with Crippen molar-refractivity contribution in [3.63, 3.8) is 0 Å². The number of hydrogen-bond donors (Lipinski definition) is 0. The third-order valence-corrected chi connectivity index (χ3v) is 4.24. The van der Waals surface area contributed by atoms with Gasteiger partial charge in [-0.15, -0.1) is 11.8 Å². The molecule has 0 N–H and O–H groups in total. The SMILES string of the molecule is CCCCN(CCCC)C(=O)CSCc1ccccc1. The predicted molar refractivity (Wildman–Crippen MR) is 89.0 cm³/mol. The first-order valence-electron chi connectivity index (χ1n) is 7.67. The van der Waals surface area contributed by atoms with E-state index >= 15 is 0 Å². The van der Waals surface area contributed by atoms with Crippen molar-refractivity contribution in [1.29, 1.82) is 0 Å². The van der Waals surface area contributed by atoms with Gasteiger partial charge in [-0.2, -0.15) is 0 Å². The summed E-state index contributed by atoms with van der Waals surface area (Å²) in [6, 6.07) is 10.3. The number of carbonyl (C=O) groups is 1. The molecule has 0 bridgehead atoms. The van der Waals surface area contributed by atoms with E-state index in [0.717, 1.165) is 44.5 Å². The monoisotopic (exact) mass is 293 g/mol. The van der Waals surface area contributed by atoms with Crippen LogP contribution in [0.25, 0.3) is 0 Å². The minimum atomic E-state index is 0.299. The molecule has 1 aromatic carbocycles. The Morgan fingerprint density at radius 3 is 2.20 bits per heavy atom. The summed E-state index contributed by atoms with van der Waals surface area (Å²) in [7, 11) is 0. The highest BCUT2D eigenvalue weighted by atomic mass is 32.2. The van der Waals surface area contributed by atoms with Gasteiger partial charge in [0.25, 0.3) is 0 Å². The summed E-state index contributed by atoms with van der Waals surface area (Å²) in [5.41, 5.74) is 1.29. The van der Waals surface area contributed by atoms with Crippen LogP contribution in [0.15, 0.2) is 30.3 Å². The molecule has 0 fully saturated rings. The Bertz CT molecular complexity index is 359. The number of nitrogens with zero attached hydrogens (tertiary/aromatic N) is 1. The van der Waals surface area contributed by atoms with Crippen LogP contribution in [-0.4, -0.2) is 29.6 Å². The van der Waals surface area contributed by atoms with Crippen LogP contribution < -0.4 is 0 Å². The quantitative estimate of drug-likeness (QED) is 0.639. The Balaban J connectivity index is 2.32.